The zero-order chi connectivity index (χ0) is 10.1. The number of rotatable bonds is 2. The fourth-order valence-corrected chi connectivity index (χ4v) is 3.98. The molecule has 0 fully saturated rings. The first-order chi connectivity index (χ1) is 6.76. The number of benzene rings is 1. The minimum atomic E-state index is 0.368. The Hall–Kier alpha value is -0.571. The third-order valence-corrected chi connectivity index (χ3v) is 5.39. The van der Waals surface area contributed by atoms with E-state index in [0.29, 0.717) is 14.7 Å². The van der Waals surface area contributed by atoms with Crippen LogP contribution in [0.2, 0.25) is 0 Å². The van der Waals surface area contributed by atoms with Crippen LogP contribution in [0.25, 0.3) is 9.65 Å². The summed E-state index contributed by atoms with van der Waals surface area (Å²) in [5, 5.41) is 1.18. The molecule has 0 aliphatic rings. The summed E-state index contributed by atoms with van der Waals surface area (Å²) in [5.41, 5.74) is 0. The van der Waals surface area contributed by atoms with Crippen molar-refractivity contribution < 1.29 is 4.74 Å². The second-order valence-electron chi connectivity index (χ2n) is 2.95. The topological polar surface area (TPSA) is 14.2 Å². The van der Waals surface area contributed by atoms with Gasteiger partial charge in [-0.2, -0.15) is 0 Å². The standard InChI is InChI=1S/C10H11NOSSe/c1-3-11-10(13)8-6-7(12-2)4-5-9(8)14-11/h4-6H,3H2,1-2H3. The van der Waals surface area contributed by atoms with Gasteiger partial charge in [-0.1, -0.05) is 0 Å². The van der Waals surface area contributed by atoms with Crippen LogP contribution in [0.4, 0.5) is 0 Å². The first kappa shape index (κ1) is 9.96. The Labute approximate surface area is 94.1 Å². The molecule has 2 nitrogen and oxygen atoms in total. The summed E-state index contributed by atoms with van der Waals surface area (Å²) in [7, 11) is 1.68. The molecular weight excluding hydrogens is 261 g/mol. The Morgan fingerprint density at radius 2 is 2.29 bits per heavy atom. The van der Waals surface area contributed by atoms with Crippen molar-refractivity contribution in [2.45, 2.75) is 13.5 Å². The Morgan fingerprint density at radius 1 is 1.50 bits per heavy atom. The maximum atomic E-state index is 5.39. The number of fused-ring (bicyclic) bond motifs is 1. The molecule has 0 aliphatic heterocycles. The minimum absolute atomic E-state index is 0.368. The van der Waals surface area contributed by atoms with E-state index in [-0.39, 0.29) is 0 Å². The maximum absolute atomic E-state index is 5.39. The second-order valence-corrected chi connectivity index (χ2v) is 5.57. The van der Waals surface area contributed by atoms with Gasteiger partial charge in [0.2, 0.25) is 0 Å². The predicted octanol–water partition coefficient (Wildman–Crippen LogP) is 2.46. The number of nitrogens with zero attached hydrogens (tertiary/aromatic N) is 1. The van der Waals surface area contributed by atoms with Crippen LogP contribution in [-0.2, 0) is 6.54 Å². The predicted molar refractivity (Wildman–Crippen MR) is 61.9 cm³/mol. The summed E-state index contributed by atoms with van der Waals surface area (Å²) < 4.78 is 9.78. The molecule has 74 valence electrons. The van der Waals surface area contributed by atoms with Gasteiger partial charge in [0, 0.05) is 0 Å². The molecule has 1 aromatic carbocycles. The third-order valence-electron chi connectivity index (χ3n) is 2.14. The molecule has 0 atom stereocenters. The first-order valence-corrected chi connectivity index (χ1v) is 6.47. The van der Waals surface area contributed by atoms with Crippen LogP contribution in [-0.4, -0.2) is 25.4 Å². The molecular formula is C10H11NOSSe. The Morgan fingerprint density at radius 3 is 2.93 bits per heavy atom. The van der Waals surface area contributed by atoms with Crippen molar-refractivity contribution in [2.24, 2.45) is 0 Å². The van der Waals surface area contributed by atoms with Gasteiger partial charge in [-0.25, -0.2) is 0 Å². The van der Waals surface area contributed by atoms with Crippen molar-refractivity contribution >= 4 is 36.6 Å². The molecule has 0 bridgehead atoms. The van der Waals surface area contributed by atoms with E-state index in [1.807, 2.05) is 12.1 Å². The first-order valence-electron chi connectivity index (χ1n) is 4.44. The summed E-state index contributed by atoms with van der Waals surface area (Å²) in [6.45, 7) is 3.13. The molecule has 1 aromatic heterocycles. The van der Waals surface area contributed by atoms with Crippen LogP contribution in [0.5, 0.6) is 5.75 Å². The molecule has 1 heterocycles. The van der Waals surface area contributed by atoms with E-state index in [9.17, 15) is 0 Å². The molecule has 0 aliphatic carbocycles. The van der Waals surface area contributed by atoms with Gasteiger partial charge in [-0.15, -0.1) is 0 Å². The molecule has 0 radical (unpaired) electrons. The third kappa shape index (κ3) is 1.54. The van der Waals surface area contributed by atoms with Gasteiger partial charge in [0.1, 0.15) is 0 Å². The average molecular weight is 272 g/mol. The van der Waals surface area contributed by atoms with Crippen LogP contribution >= 0.6 is 12.2 Å². The normalized spacial score (nSPS) is 10.7. The number of aryl methyl sites for hydroxylation is 1. The number of hydrogen-bond acceptors (Lipinski definition) is 2. The van der Waals surface area contributed by atoms with Crippen LogP contribution in [0.3, 0.4) is 0 Å². The SMILES string of the molecule is CCn1[se]c2ccc(OC)cc2c1=S. The molecule has 2 aromatic rings. The summed E-state index contributed by atoms with van der Waals surface area (Å²) in [4.78, 5) is 0. The van der Waals surface area contributed by atoms with Gasteiger partial charge in [0.25, 0.3) is 0 Å². The van der Waals surface area contributed by atoms with E-state index in [0.717, 1.165) is 16.9 Å². The Balaban J connectivity index is 2.74. The number of ether oxygens (including phenoxy) is 1. The Bertz CT molecular complexity index is 514. The summed E-state index contributed by atoms with van der Waals surface area (Å²) in [5.74, 6) is 0.889. The van der Waals surface area contributed by atoms with Gasteiger partial charge in [0.15, 0.2) is 0 Å². The number of hydrogen-bond donors (Lipinski definition) is 0. The van der Waals surface area contributed by atoms with Gasteiger partial charge >= 0.3 is 94.1 Å². The molecule has 0 unspecified atom stereocenters. The van der Waals surface area contributed by atoms with Crippen molar-refractivity contribution in [1.82, 2.24) is 3.56 Å². The molecule has 14 heavy (non-hydrogen) atoms. The van der Waals surface area contributed by atoms with Gasteiger partial charge < -0.3 is 0 Å². The fraction of sp³-hybridized carbons (Fsp3) is 0.300. The van der Waals surface area contributed by atoms with Gasteiger partial charge in [0.05, 0.1) is 0 Å². The molecule has 2 rings (SSSR count). The van der Waals surface area contributed by atoms with Crippen LogP contribution in [0.15, 0.2) is 18.2 Å². The zero-order valence-electron chi connectivity index (χ0n) is 8.11. The number of aromatic nitrogens is 1. The van der Waals surface area contributed by atoms with Crippen molar-refractivity contribution in [3.63, 3.8) is 0 Å². The summed E-state index contributed by atoms with van der Waals surface area (Å²) in [6, 6.07) is 6.16. The molecule has 0 amide bonds. The van der Waals surface area contributed by atoms with Gasteiger partial charge in [-0.05, 0) is 0 Å². The van der Waals surface area contributed by atoms with E-state index in [1.165, 1.54) is 9.65 Å². The van der Waals surface area contributed by atoms with Crippen LogP contribution in [0.1, 0.15) is 6.92 Å². The zero-order valence-corrected chi connectivity index (χ0v) is 10.6. The van der Waals surface area contributed by atoms with Gasteiger partial charge in [-0.3, -0.25) is 0 Å². The molecule has 4 heteroatoms. The average Bonchev–Trinajstić information content (AvgIpc) is 2.55. The van der Waals surface area contributed by atoms with E-state index in [4.69, 9.17) is 17.0 Å². The fourth-order valence-electron chi connectivity index (χ4n) is 1.39. The van der Waals surface area contributed by atoms with Crippen LogP contribution in [0, 0.1) is 4.64 Å². The summed E-state index contributed by atoms with van der Waals surface area (Å²) in [6.07, 6.45) is 0. The second kappa shape index (κ2) is 3.89. The molecule has 0 saturated carbocycles. The quantitative estimate of drug-likeness (QED) is 0.616. The van der Waals surface area contributed by atoms with Crippen molar-refractivity contribution in [1.29, 1.82) is 0 Å². The van der Waals surface area contributed by atoms with Crippen molar-refractivity contribution in [3.8, 4) is 5.75 Å². The van der Waals surface area contributed by atoms with Crippen molar-refractivity contribution in [2.75, 3.05) is 7.11 Å². The van der Waals surface area contributed by atoms with Crippen LogP contribution < -0.4 is 4.74 Å². The monoisotopic (exact) mass is 273 g/mol. The molecule has 0 N–H and O–H groups in total. The van der Waals surface area contributed by atoms with E-state index in [1.54, 1.807) is 7.11 Å². The van der Waals surface area contributed by atoms with E-state index in [2.05, 4.69) is 16.6 Å². The molecule has 0 spiro atoms. The summed E-state index contributed by atoms with van der Waals surface area (Å²) >= 11 is 5.76. The molecule has 0 saturated heterocycles. The van der Waals surface area contributed by atoms with E-state index < -0.39 is 0 Å². The van der Waals surface area contributed by atoms with E-state index >= 15 is 0 Å². The number of methoxy groups -OCH3 is 1. The van der Waals surface area contributed by atoms with Crippen molar-refractivity contribution in [3.05, 3.63) is 22.8 Å². The Kier molecular flexibility index (Phi) is 2.77.